The minimum atomic E-state index is -0.771. The quantitative estimate of drug-likeness (QED) is 0.319. The van der Waals surface area contributed by atoms with Crippen LogP contribution < -0.4 is 15.0 Å². The van der Waals surface area contributed by atoms with Gasteiger partial charge in [0.1, 0.15) is 17.9 Å². The van der Waals surface area contributed by atoms with Gasteiger partial charge in [0.15, 0.2) is 0 Å². The smallest absolute Gasteiger partial charge is 0.335 e. The van der Waals surface area contributed by atoms with Crippen LogP contribution in [-0.2, 0) is 16.2 Å². The van der Waals surface area contributed by atoms with E-state index in [0.717, 1.165) is 26.8 Å². The molecule has 1 saturated heterocycles. The van der Waals surface area contributed by atoms with E-state index in [0.29, 0.717) is 23.6 Å². The standard InChI is InChI=1S/C29H22N2O4/c1-19-8-2-6-12-25(19)31-28(33)24(27(32)30-29(31)34)17-23-11-5-7-13-26(23)35-18-20-14-15-21-9-3-4-10-22(21)16-20/h2-17H,18H2,1H3,(H,30,32,34)/b24-17+. The fourth-order valence-electron chi connectivity index (χ4n) is 4.07. The number of nitrogens with one attached hydrogen (secondary N) is 1. The number of carbonyl (C=O) groups is 3. The number of hydrogen-bond donors (Lipinski definition) is 1. The lowest BCUT2D eigenvalue weighted by molar-refractivity contribution is -0.122. The van der Waals surface area contributed by atoms with Gasteiger partial charge in [-0.05, 0) is 53.1 Å². The van der Waals surface area contributed by atoms with Gasteiger partial charge in [0.05, 0.1) is 5.69 Å². The number of benzene rings is 4. The van der Waals surface area contributed by atoms with E-state index < -0.39 is 17.8 Å². The van der Waals surface area contributed by atoms with Crippen LogP contribution in [0.5, 0.6) is 5.75 Å². The average molecular weight is 463 g/mol. The van der Waals surface area contributed by atoms with Crippen molar-refractivity contribution in [2.24, 2.45) is 0 Å². The molecule has 0 unspecified atom stereocenters. The summed E-state index contributed by atoms with van der Waals surface area (Å²) in [6, 6.07) is 27.6. The third-order valence-corrected chi connectivity index (χ3v) is 5.89. The SMILES string of the molecule is Cc1ccccc1N1C(=O)NC(=O)/C(=C\c2ccccc2OCc2ccc3ccccc3c2)C1=O. The fourth-order valence-corrected chi connectivity index (χ4v) is 4.07. The average Bonchev–Trinajstić information content (AvgIpc) is 2.87. The lowest BCUT2D eigenvalue weighted by Gasteiger charge is -2.27. The van der Waals surface area contributed by atoms with Gasteiger partial charge in [0.25, 0.3) is 11.8 Å². The number of para-hydroxylation sites is 2. The number of ether oxygens (including phenoxy) is 1. The maximum atomic E-state index is 13.3. The van der Waals surface area contributed by atoms with Gasteiger partial charge in [-0.2, -0.15) is 0 Å². The zero-order valence-corrected chi connectivity index (χ0v) is 19.0. The van der Waals surface area contributed by atoms with E-state index in [-0.39, 0.29) is 5.57 Å². The van der Waals surface area contributed by atoms with Gasteiger partial charge in [-0.15, -0.1) is 0 Å². The minimum Gasteiger partial charge on any atom is -0.488 e. The van der Waals surface area contributed by atoms with Crippen LogP contribution in [-0.4, -0.2) is 17.8 Å². The number of fused-ring (bicyclic) bond motifs is 1. The number of hydrogen-bond acceptors (Lipinski definition) is 4. The second-order valence-corrected chi connectivity index (χ2v) is 8.25. The van der Waals surface area contributed by atoms with Crippen molar-refractivity contribution in [3.63, 3.8) is 0 Å². The number of nitrogens with zero attached hydrogens (tertiary/aromatic N) is 1. The van der Waals surface area contributed by atoms with Crippen molar-refractivity contribution in [2.75, 3.05) is 4.90 Å². The summed E-state index contributed by atoms with van der Waals surface area (Å²) in [7, 11) is 0. The van der Waals surface area contributed by atoms with Gasteiger partial charge in [0.2, 0.25) is 0 Å². The highest BCUT2D eigenvalue weighted by molar-refractivity contribution is 6.39. The summed E-state index contributed by atoms with van der Waals surface area (Å²) in [4.78, 5) is 39.4. The largest absolute Gasteiger partial charge is 0.488 e. The van der Waals surface area contributed by atoms with Crippen molar-refractivity contribution < 1.29 is 19.1 Å². The number of urea groups is 1. The third kappa shape index (κ3) is 4.42. The monoisotopic (exact) mass is 462 g/mol. The van der Waals surface area contributed by atoms with Crippen molar-refractivity contribution >= 4 is 40.4 Å². The highest BCUT2D eigenvalue weighted by atomic mass is 16.5. The molecule has 1 aliphatic rings. The van der Waals surface area contributed by atoms with Crippen LogP contribution >= 0.6 is 0 Å². The zero-order chi connectivity index (χ0) is 24.4. The topological polar surface area (TPSA) is 75.7 Å². The first-order valence-electron chi connectivity index (χ1n) is 11.2. The molecule has 0 spiro atoms. The molecule has 0 aliphatic carbocycles. The molecule has 4 amide bonds. The van der Waals surface area contributed by atoms with E-state index in [9.17, 15) is 14.4 Å². The van der Waals surface area contributed by atoms with Crippen molar-refractivity contribution in [1.29, 1.82) is 0 Å². The Morgan fingerprint density at radius 3 is 2.37 bits per heavy atom. The van der Waals surface area contributed by atoms with Crippen molar-refractivity contribution in [2.45, 2.75) is 13.5 Å². The number of imide groups is 2. The Hall–Kier alpha value is -4.71. The second kappa shape index (κ2) is 9.27. The molecule has 5 rings (SSSR count). The van der Waals surface area contributed by atoms with Crippen LogP contribution in [0.4, 0.5) is 10.5 Å². The van der Waals surface area contributed by atoms with Crippen LogP contribution in [0.1, 0.15) is 16.7 Å². The molecule has 0 radical (unpaired) electrons. The first-order chi connectivity index (χ1) is 17.0. The molecule has 1 N–H and O–H groups in total. The molecule has 4 aromatic rings. The molecule has 0 aromatic heterocycles. The molecule has 0 atom stereocenters. The highest BCUT2D eigenvalue weighted by Gasteiger charge is 2.37. The Kier molecular flexibility index (Phi) is 5.85. The molecule has 1 fully saturated rings. The summed E-state index contributed by atoms with van der Waals surface area (Å²) >= 11 is 0. The fraction of sp³-hybridized carbons (Fsp3) is 0.0690. The summed E-state index contributed by atoms with van der Waals surface area (Å²) in [6.45, 7) is 2.12. The van der Waals surface area contributed by atoms with E-state index in [4.69, 9.17) is 4.74 Å². The van der Waals surface area contributed by atoms with Crippen molar-refractivity contribution in [3.05, 3.63) is 113 Å². The number of carbonyl (C=O) groups excluding carboxylic acids is 3. The Balaban J connectivity index is 1.43. The lowest BCUT2D eigenvalue weighted by Crippen LogP contribution is -2.54. The lowest BCUT2D eigenvalue weighted by atomic mass is 10.0. The first kappa shape index (κ1) is 22.1. The number of amides is 4. The molecule has 172 valence electrons. The van der Waals surface area contributed by atoms with Crippen LogP contribution in [0.2, 0.25) is 0 Å². The maximum Gasteiger partial charge on any atom is 0.335 e. The number of aryl methyl sites for hydroxylation is 1. The van der Waals surface area contributed by atoms with Crippen molar-refractivity contribution in [3.8, 4) is 5.75 Å². The molecule has 4 aromatic carbocycles. The molecule has 35 heavy (non-hydrogen) atoms. The molecule has 6 heteroatoms. The third-order valence-electron chi connectivity index (χ3n) is 5.89. The summed E-state index contributed by atoms with van der Waals surface area (Å²) in [5.74, 6) is -0.903. The Bertz CT molecular complexity index is 1510. The van der Waals surface area contributed by atoms with E-state index in [1.807, 2.05) is 42.5 Å². The molecular weight excluding hydrogens is 440 g/mol. The van der Waals surface area contributed by atoms with Crippen LogP contribution in [0.15, 0.2) is 96.6 Å². The van der Waals surface area contributed by atoms with Crippen LogP contribution in [0, 0.1) is 6.92 Å². The van der Waals surface area contributed by atoms with E-state index in [1.165, 1.54) is 6.08 Å². The minimum absolute atomic E-state index is 0.144. The Morgan fingerprint density at radius 1 is 0.829 bits per heavy atom. The summed E-state index contributed by atoms with van der Waals surface area (Å²) in [6.07, 6.45) is 1.46. The zero-order valence-electron chi connectivity index (χ0n) is 19.0. The number of barbiturate groups is 1. The van der Waals surface area contributed by atoms with Gasteiger partial charge in [-0.25, -0.2) is 9.69 Å². The number of anilines is 1. The van der Waals surface area contributed by atoms with Crippen molar-refractivity contribution in [1.82, 2.24) is 5.32 Å². The molecule has 1 heterocycles. The predicted molar refractivity (Wildman–Crippen MR) is 135 cm³/mol. The van der Waals surface area contributed by atoms with E-state index in [1.54, 1.807) is 43.3 Å². The maximum absolute atomic E-state index is 13.3. The van der Waals surface area contributed by atoms with Gasteiger partial charge in [-0.3, -0.25) is 14.9 Å². The molecule has 0 bridgehead atoms. The van der Waals surface area contributed by atoms with Crippen LogP contribution in [0.25, 0.3) is 16.8 Å². The van der Waals surface area contributed by atoms with Crippen LogP contribution in [0.3, 0.4) is 0 Å². The van der Waals surface area contributed by atoms with Gasteiger partial charge < -0.3 is 4.74 Å². The van der Waals surface area contributed by atoms with E-state index >= 15 is 0 Å². The summed E-state index contributed by atoms with van der Waals surface area (Å²) in [5, 5.41) is 4.54. The molecular formula is C29H22N2O4. The van der Waals surface area contributed by atoms with E-state index in [2.05, 4.69) is 17.4 Å². The second-order valence-electron chi connectivity index (χ2n) is 8.25. The molecule has 6 nitrogen and oxygen atoms in total. The normalized spacial score (nSPS) is 14.9. The predicted octanol–water partition coefficient (Wildman–Crippen LogP) is 5.39. The highest BCUT2D eigenvalue weighted by Crippen LogP contribution is 2.28. The van der Waals surface area contributed by atoms with Gasteiger partial charge in [0, 0.05) is 5.56 Å². The molecule has 1 aliphatic heterocycles. The number of rotatable bonds is 5. The van der Waals surface area contributed by atoms with Gasteiger partial charge in [-0.1, -0.05) is 72.8 Å². The van der Waals surface area contributed by atoms with Gasteiger partial charge >= 0.3 is 6.03 Å². The summed E-state index contributed by atoms with van der Waals surface area (Å²) in [5.41, 5.74) is 2.58. The Morgan fingerprint density at radius 2 is 1.54 bits per heavy atom. The first-order valence-corrected chi connectivity index (χ1v) is 11.2. The summed E-state index contributed by atoms with van der Waals surface area (Å²) < 4.78 is 6.07. The molecule has 0 saturated carbocycles. The Labute approximate surface area is 202 Å².